The number of hydrogen-bond donors (Lipinski definition) is 1. The molecule has 0 aliphatic rings. The zero-order valence-electron chi connectivity index (χ0n) is 7.46. The minimum absolute atomic E-state index is 0.577. The van der Waals surface area contributed by atoms with Crippen LogP contribution in [-0.2, 0) is 0 Å². The molecule has 0 bridgehead atoms. The predicted octanol–water partition coefficient (Wildman–Crippen LogP) is 3.46. The highest BCUT2D eigenvalue weighted by atomic mass is 35.5. The van der Waals surface area contributed by atoms with Crippen molar-refractivity contribution in [1.82, 2.24) is 4.37 Å². The van der Waals surface area contributed by atoms with Gasteiger partial charge in [0.2, 0.25) is 0 Å². The third-order valence-corrected chi connectivity index (χ3v) is 2.79. The summed E-state index contributed by atoms with van der Waals surface area (Å²) in [5.41, 5.74) is 1.01. The third kappa shape index (κ3) is 1.89. The highest BCUT2D eigenvalue weighted by Gasteiger charge is 2.03. The first-order valence-electron chi connectivity index (χ1n) is 4.19. The predicted molar refractivity (Wildman–Crippen MR) is 63.1 cm³/mol. The Hall–Kier alpha value is -1.06. The van der Waals surface area contributed by atoms with Gasteiger partial charge in [-0.05, 0) is 23.7 Å². The van der Waals surface area contributed by atoms with Crippen molar-refractivity contribution in [1.29, 1.82) is 0 Å². The first-order chi connectivity index (χ1) is 6.77. The van der Waals surface area contributed by atoms with Crippen molar-refractivity contribution in [2.75, 3.05) is 11.9 Å². The second-order valence-electron chi connectivity index (χ2n) is 2.90. The van der Waals surface area contributed by atoms with E-state index in [4.69, 9.17) is 11.6 Å². The number of halogens is 1. The van der Waals surface area contributed by atoms with E-state index >= 15 is 0 Å². The molecule has 2 rings (SSSR count). The minimum atomic E-state index is 0.577. The normalized spacial score (nSPS) is 10.4. The summed E-state index contributed by atoms with van der Waals surface area (Å²) >= 11 is 7.12. The molecule has 0 aliphatic heterocycles. The first kappa shape index (κ1) is 9.49. The lowest BCUT2D eigenvalue weighted by Gasteiger charge is -2.00. The summed E-state index contributed by atoms with van der Waals surface area (Å²) in [4.78, 5) is 0. The van der Waals surface area contributed by atoms with E-state index in [1.54, 1.807) is 0 Å². The summed E-state index contributed by atoms with van der Waals surface area (Å²) < 4.78 is 4.30. The Kier molecular flexibility index (Phi) is 2.70. The molecule has 0 saturated carbocycles. The Balaban J connectivity index is 2.29. The average Bonchev–Trinajstić information content (AvgIpc) is 2.58. The van der Waals surface area contributed by atoms with Crippen LogP contribution in [0.5, 0.6) is 0 Å². The molecule has 0 spiro atoms. The van der Waals surface area contributed by atoms with Gasteiger partial charge < -0.3 is 5.32 Å². The molecule has 1 aromatic carbocycles. The third-order valence-electron chi connectivity index (χ3n) is 1.82. The molecule has 0 unspecified atom stereocenters. The zero-order valence-corrected chi connectivity index (χ0v) is 9.03. The van der Waals surface area contributed by atoms with Gasteiger partial charge in [-0.15, -0.1) is 0 Å². The number of nitrogens with zero attached hydrogens (tertiary/aromatic N) is 1. The van der Waals surface area contributed by atoms with Crippen LogP contribution >= 0.6 is 23.1 Å². The quantitative estimate of drug-likeness (QED) is 0.864. The van der Waals surface area contributed by atoms with Crippen molar-refractivity contribution in [3.8, 4) is 0 Å². The molecular formula is C10H9ClN2S. The molecule has 14 heavy (non-hydrogen) atoms. The second-order valence-corrected chi connectivity index (χ2v) is 4.21. The number of anilines is 1. The molecule has 0 fully saturated rings. The van der Waals surface area contributed by atoms with Gasteiger partial charge in [-0.1, -0.05) is 30.3 Å². The topological polar surface area (TPSA) is 24.9 Å². The molecule has 0 radical (unpaired) electrons. The van der Waals surface area contributed by atoms with Gasteiger partial charge in [-0.3, -0.25) is 0 Å². The average molecular weight is 225 g/mol. The van der Waals surface area contributed by atoms with E-state index in [9.17, 15) is 0 Å². The van der Waals surface area contributed by atoms with Crippen molar-refractivity contribution >= 4 is 39.0 Å². The van der Waals surface area contributed by atoms with Crippen LogP contribution in [-0.4, -0.2) is 10.9 Å². The second kappa shape index (κ2) is 3.98. The van der Waals surface area contributed by atoms with Crippen LogP contribution in [0.4, 0.5) is 5.00 Å². The van der Waals surface area contributed by atoms with Crippen LogP contribution in [0.1, 0.15) is 0 Å². The molecule has 0 saturated heterocycles. The van der Waals surface area contributed by atoms with Crippen LogP contribution in [0.25, 0.3) is 10.9 Å². The molecule has 2 nitrogen and oxygen atoms in total. The molecule has 0 aliphatic carbocycles. The standard InChI is InChI=1S/C10H9ClN2S/c1-7(11)6-12-10-8-4-2-3-5-9(8)13-14-10/h2-5,12H,1,6H2. The lowest BCUT2D eigenvalue weighted by molar-refractivity contribution is 1.35. The zero-order chi connectivity index (χ0) is 9.97. The fourth-order valence-corrected chi connectivity index (χ4v) is 2.02. The maximum atomic E-state index is 5.67. The minimum Gasteiger partial charge on any atom is -0.370 e. The van der Waals surface area contributed by atoms with Gasteiger partial charge in [0.25, 0.3) is 0 Å². The Morgan fingerprint density at radius 2 is 2.29 bits per heavy atom. The number of fused-ring (bicyclic) bond motifs is 1. The van der Waals surface area contributed by atoms with Crippen molar-refractivity contribution in [3.63, 3.8) is 0 Å². The van der Waals surface area contributed by atoms with E-state index in [1.807, 2.05) is 24.3 Å². The number of benzene rings is 1. The van der Waals surface area contributed by atoms with E-state index in [2.05, 4.69) is 16.3 Å². The molecule has 1 N–H and O–H groups in total. The summed E-state index contributed by atoms with van der Waals surface area (Å²) in [6.07, 6.45) is 0. The van der Waals surface area contributed by atoms with Crippen LogP contribution in [0.3, 0.4) is 0 Å². The molecular weight excluding hydrogens is 216 g/mol. The van der Waals surface area contributed by atoms with Crippen LogP contribution < -0.4 is 5.32 Å². The summed E-state index contributed by atoms with van der Waals surface area (Å²) in [6.45, 7) is 4.20. The fourth-order valence-electron chi connectivity index (χ4n) is 1.19. The van der Waals surface area contributed by atoms with Crippen LogP contribution in [0.15, 0.2) is 35.9 Å². The number of aromatic nitrogens is 1. The highest BCUT2D eigenvalue weighted by molar-refractivity contribution is 7.11. The Morgan fingerprint density at radius 3 is 3.07 bits per heavy atom. The Labute approximate surface area is 91.4 Å². The number of hydrogen-bond acceptors (Lipinski definition) is 3. The van der Waals surface area contributed by atoms with E-state index < -0.39 is 0 Å². The smallest absolute Gasteiger partial charge is 0.117 e. The lowest BCUT2D eigenvalue weighted by Crippen LogP contribution is -1.98. The maximum absolute atomic E-state index is 5.67. The van der Waals surface area contributed by atoms with E-state index in [0.717, 1.165) is 15.9 Å². The van der Waals surface area contributed by atoms with Gasteiger partial charge in [0.1, 0.15) is 5.00 Å². The van der Waals surface area contributed by atoms with E-state index in [1.165, 1.54) is 11.5 Å². The van der Waals surface area contributed by atoms with Gasteiger partial charge in [0.05, 0.1) is 12.1 Å². The van der Waals surface area contributed by atoms with Gasteiger partial charge >= 0.3 is 0 Å². The van der Waals surface area contributed by atoms with Crippen molar-refractivity contribution in [2.45, 2.75) is 0 Å². The summed E-state index contributed by atoms with van der Waals surface area (Å²) in [5.74, 6) is 0. The monoisotopic (exact) mass is 224 g/mol. The maximum Gasteiger partial charge on any atom is 0.117 e. The molecule has 1 aromatic heterocycles. The van der Waals surface area contributed by atoms with Crippen molar-refractivity contribution in [3.05, 3.63) is 35.9 Å². The summed E-state index contributed by atoms with van der Waals surface area (Å²) in [7, 11) is 0. The Morgan fingerprint density at radius 1 is 1.50 bits per heavy atom. The van der Waals surface area contributed by atoms with Crippen LogP contribution in [0, 0.1) is 0 Å². The largest absolute Gasteiger partial charge is 0.370 e. The molecule has 0 amide bonds. The molecule has 0 atom stereocenters. The molecule has 72 valence electrons. The van der Waals surface area contributed by atoms with E-state index in [-0.39, 0.29) is 0 Å². The Bertz CT molecular complexity index is 464. The van der Waals surface area contributed by atoms with Crippen molar-refractivity contribution in [2.24, 2.45) is 0 Å². The van der Waals surface area contributed by atoms with Gasteiger partial charge in [-0.25, -0.2) is 0 Å². The SMILES string of the molecule is C=C(Cl)CNc1snc2ccccc12. The molecule has 2 aromatic rings. The van der Waals surface area contributed by atoms with E-state index in [0.29, 0.717) is 11.6 Å². The van der Waals surface area contributed by atoms with Gasteiger partial charge in [0, 0.05) is 10.4 Å². The first-order valence-corrected chi connectivity index (χ1v) is 5.34. The highest BCUT2D eigenvalue weighted by Crippen LogP contribution is 2.27. The molecule has 4 heteroatoms. The van der Waals surface area contributed by atoms with Crippen LogP contribution in [0.2, 0.25) is 0 Å². The number of nitrogens with one attached hydrogen (secondary N) is 1. The van der Waals surface area contributed by atoms with Gasteiger partial charge in [0.15, 0.2) is 0 Å². The summed E-state index contributed by atoms with van der Waals surface area (Å²) in [6, 6.07) is 8.01. The lowest BCUT2D eigenvalue weighted by atomic mass is 10.2. The fraction of sp³-hybridized carbons (Fsp3) is 0.100. The summed E-state index contributed by atoms with van der Waals surface area (Å²) in [5, 5.41) is 5.97. The van der Waals surface area contributed by atoms with Gasteiger partial charge in [-0.2, -0.15) is 4.37 Å². The number of rotatable bonds is 3. The van der Waals surface area contributed by atoms with Crippen molar-refractivity contribution < 1.29 is 0 Å². The molecule has 1 heterocycles.